The molecule has 0 aromatic heterocycles. The lowest BCUT2D eigenvalue weighted by atomic mass is 10.2. The molecule has 1 aliphatic carbocycles. The van der Waals surface area contributed by atoms with Crippen molar-refractivity contribution in [1.82, 2.24) is 0 Å². The van der Waals surface area contributed by atoms with Gasteiger partial charge in [-0.2, -0.15) is 0 Å². The molecular formula is C12H14IN. The second kappa shape index (κ2) is 4.82. The molecule has 0 unspecified atom stereocenters. The molecule has 0 aliphatic heterocycles. The minimum absolute atomic E-state index is 1.01. The smallest absolute Gasteiger partial charge is 0.0360 e. The normalized spacial score (nSPS) is 15.4. The fourth-order valence-corrected chi connectivity index (χ4v) is 2.04. The highest BCUT2D eigenvalue weighted by atomic mass is 127. The number of hydrogen-bond acceptors (Lipinski definition) is 1. The number of hydrogen-bond donors (Lipinski definition) is 1. The van der Waals surface area contributed by atoms with Crippen molar-refractivity contribution in [2.24, 2.45) is 0 Å². The quantitative estimate of drug-likeness (QED) is 0.661. The summed E-state index contributed by atoms with van der Waals surface area (Å²) in [5.41, 5.74) is 2.78. The van der Waals surface area contributed by atoms with Crippen LogP contribution in [-0.2, 0) is 0 Å². The number of nitrogens with one attached hydrogen (secondary N) is 1. The van der Waals surface area contributed by atoms with Gasteiger partial charge in [-0.15, -0.1) is 0 Å². The van der Waals surface area contributed by atoms with Gasteiger partial charge in [-0.3, -0.25) is 0 Å². The van der Waals surface area contributed by atoms with Crippen LogP contribution in [-0.4, -0.2) is 6.54 Å². The van der Waals surface area contributed by atoms with E-state index < -0.39 is 0 Å². The second-order valence-corrected chi connectivity index (χ2v) is 4.86. The molecule has 2 rings (SSSR count). The van der Waals surface area contributed by atoms with Gasteiger partial charge in [-0.1, -0.05) is 11.6 Å². The van der Waals surface area contributed by atoms with Gasteiger partial charge in [0.05, 0.1) is 0 Å². The largest absolute Gasteiger partial charge is 0.381 e. The topological polar surface area (TPSA) is 12.0 Å². The van der Waals surface area contributed by atoms with E-state index in [1.165, 1.54) is 28.5 Å². The summed E-state index contributed by atoms with van der Waals surface area (Å²) in [6, 6.07) is 8.53. The first-order valence-corrected chi connectivity index (χ1v) is 6.10. The molecule has 0 radical (unpaired) electrons. The summed E-state index contributed by atoms with van der Waals surface area (Å²) in [7, 11) is 0. The van der Waals surface area contributed by atoms with Crippen LogP contribution in [0.3, 0.4) is 0 Å². The number of rotatable bonds is 3. The van der Waals surface area contributed by atoms with E-state index in [0.29, 0.717) is 0 Å². The average Bonchev–Trinajstić information content (AvgIpc) is 2.70. The zero-order chi connectivity index (χ0) is 9.80. The van der Waals surface area contributed by atoms with Gasteiger partial charge in [0.2, 0.25) is 0 Å². The first-order chi connectivity index (χ1) is 6.84. The Morgan fingerprint density at radius 3 is 2.64 bits per heavy atom. The van der Waals surface area contributed by atoms with Crippen LogP contribution in [0.1, 0.15) is 19.3 Å². The van der Waals surface area contributed by atoms with Crippen LogP contribution in [0, 0.1) is 3.57 Å². The third kappa shape index (κ3) is 2.74. The van der Waals surface area contributed by atoms with E-state index in [-0.39, 0.29) is 0 Å². The minimum Gasteiger partial charge on any atom is -0.381 e. The summed E-state index contributed by atoms with van der Waals surface area (Å²) >= 11 is 2.32. The van der Waals surface area contributed by atoms with E-state index in [2.05, 4.69) is 58.2 Å². The summed E-state index contributed by atoms with van der Waals surface area (Å²) in [6.45, 7) is 1.01. The number of halogens is 1. The molecule has 0 heterocycles. The Morgan fingerprint density at radius 2 is 2.00 bits per heavy atom. The van der Waals surface area contributed by atoms with Gasteiger partial charge < -0.3 is 5.32 Å². The van der Waals surface area contributed by atoms with Gasteiger partial charge in [0.1, 0.15) is 0 Å². The van der Waals surface area contributed by atoms with Crippen LogP contribution in [0.4, 0.5) is 5.69 Å². The Morgan fingerprint density at radius 1 is 1.21 bits per heavy atom. The van der Waals surface area contributed by atoms with Crippen molar-refractivity contribution in [3.05, 3.63) is 39.5 Å². The average molecular weight is 299 g/mol. The number of anilines is 1. The number of allylic oxidation sites excluding steroid dienone is 1. The zero-order valence-corrected chi connectivity index (χ0v) is 10.3. The molecule has 1 aliphatic rings. The van der Waals surface area contributed by atoms with Crippen molar-refractivity contribution in [3.8, 4) is 0 Å². The Balaban J connectivity index is 1.88. The van der Waals surface area contributed by atoms with Gasteiger partial charge in [0, 0.05) is 15.8 Å². The van der Waals surface area contributed by atoms with E-state index in [4.69, 9.17) is 0 Å². The SMILES string of the molecule is Ic1ccc(NCC2=CCCC2)cc1. The molecule has 2 heteroatoms. The lowest BCUT2D eigenvalue weighted by Gasteiger charge is -2.06. The van der Waals surface area contributed by atoms with Gasteiger partial charge in [0.25, 0.3) is 0 Å². The fourth-order valence-electron chi connectivity index (χ4n) is 1.68. The highest BCUT2D eigenvalue weighted by Gasteiger charge is 2.03. The fraction of sp³-hybridized carbons (Fsp3) is 0.333. The van der Waals surface area contributed by atoms with E-state index in [1.54, 1.807) is 5.57 Å². The van der Waals surface area contributed by atoms with E-state index in [0.717, 1.165) is 6.54 Å². The first kappa shape index (κ1) is 10.0. The predicted octanol–water partition coefficient (Wildman–Crippen LogP) is 3.81. The Bertz CT molecular complexity index is 327. The Hall–Kier alpha value is -0.510. The van der Waals surface area contributed by atoms with Gasteiger partial charge in [-0.05, 0) is 66.1 Å². The van der Waals surface area contributed by atoms with E-state index in [9.17, 15) is 0 Å². The molecule has 0 bridgehead atoms. The number of benzene rings is 1. The first-order valence-electron chi connectivity index (χ1n) is 5.02. The predicted molar refractivity (Wildman–Crippen MR) is 69.6 cm³/mol. The highest BCUT2D eigenvalue weighted by Crippen LogP contribution is 2.18. The third-order valence-corrected chi connectivity index (χ3v) is 3.22. The molecule has 1 nitrogen and oxygen atoms in total. The minimum atomic E-state index is 1.01. The van der Waals surface area contributed by atoms with Gasteiger partial charge in [-0.25, -0.2) is 0 Å². The van der Waals surface area contributed by atoms with Crippen LogP contribution in [0.25, 0.3) is 0 Å². The second-order valence-electron chi connectivity index (χ2n) is 3.62. The van der Waals surface area contributed by atoms with Gasteiger partial charge in [0.15, 0.2) is 0 Å². The highest BCUT2D eigenvalue weighted by molar-refractivity contribution is 14.1. The summed E-state index contributed by atoms with van der Waals surface area (Å²) in [5.74, 6) is 0. The maximum atomic E-state index is 3.44. The molecule has 74 valence electrons. The van der Waals surface area contributed by atoms with Crippen LogP contribution in [0.15, 0.2) is 35.9 Å². The Labute approximate surface area is 98.7 Å². The lowest BCUT2D eigenvalue weighted by Crippen LogP contribution is -2.02. The summed E-state index contributed by atoms with van der Waals surface area (Å²) < 4.78 is 1.29. The molecule has 0 spiro atoms. The van der Waals surface area contributed by atoms with Gasteiger partial charge >= 0.3 is 0 Å². The monoisotopic (exact) mass is 299 g/mol. The molecule has 0 fully saturated rings. The van der Waals surface area contributed by atoms with E-state index in [1.807, 2.05) is 0 Å². The third-order valence-electron chi connectivity index (χ3n) is 2.50. The van der Waals surface area contributed by atoms with Crippen molar-refractivity contribution in [3.63, 3.8) is 0 Å². The molecule has 0 amide bonds. The standard InChI is InChI=1S/C12H14IN/c13-11-5-7-12(8-6-11)14-9-10-3-1-2-4-10/h3,5-8,14H,1-2,4,9H2. The van der Waals surface area contributed by atoms with Crippen LogP contribution in [0.5, 0.6) is 0 Å². The van der Waals surface area contributed by atoms with Crippen molar-refractivity contribution < 1.29 is 0 Å². The molecule has 0 atom stereocenters. The molecule has 1 aromatic rings. The van der Waals surface area contributed by atoms with Crippen molar-refractivity contribution in [1.29, 1.82) is 0 Å². The maximum Gasteiger partial charge on any atom is 0.0360 e. The molecule has 14 heavy (non-hydrogen) atoms. The zero-order valence-electron chi connectivity index (χ0n) is 8.09. The van der Waals surface area contributed by atoms with E-state index >= 15 is 0 Å². The lowest BCUT2D eigenvalue weighted by molar-refractivity contribution is 0.897. The Kier molecular flexibility index (Phi) is 3.45. The van der Waals surface area contributed by atoms with Crippen LogP contribution >= 0.6 is 22.6 Å². The summed E-state index contributed by atoms with van der Waals surface area (Å²) in [6.07, 6.45) is 6.24. The molecule has 1 aromatic carbocycles. The van der Waals surface area contributed by atoms with Crippen molar-refractivity contribution in [2.75, 3.05) is 11.9 Å². The molecule has 1 N–H and O–H groups in total. The molecule has 0 saturated heterocycles. The summed E-state index contributed by atoms with van der Waals surface area (Å²) in [4.78, 5) is 0. The molecular weight excluding hydrogens is 285 g/mol. The molecule has 0 saturated carbocycles. The summed E-state index contributed by atoms with van der Waals surface area (Å²) in [5, 5.41) is 3.44. The van der Waals surface area contributed by atoms with Crippen molar-refractivity contribution in [2.45, 2.75) is 19.3 Å². The maximum absolute atomic E-state index is 3.44. The van der Waals surface area contributed by atoms with Crippen LogP contribution < -0.4 is 5.32 Å². The van der Waals surface area contributed by atoms with Crippen molar-refractivity contribution >= 4 is 28.3 Å². The van der Waals surface area contributed by atoms with Crippen LogP contribution in [0.2, 0.25) is 0 Å².